The van der Waals surface area contributed by atoms with Crippen molar-refractivity contribution < 1.29 is 9.59 Å². The number of carbonyl (C=O) groups is 2. The van der Waals surface area contributed by atoms with Crippen LogP contribution in [-0.2, 0) is 9.59 Å². The molecule has 1 aliphatic rings. The average molecular weight is 227 g/mol. The van der Waals surface area contributed by atoms with Crippen LogP contribution < -0.4 is 11.1 Å². The number of carbonyl (C=O) groups excluding carboxylic acids is 2. The van der Waals surface area contributed by atoms with Crippen molar-refractivity contribution in [1.29, 1.82) is 0 Å². The van der Waals surface area contributed by atoms with E-state index in [9.17, 15) is 9.59 Å². The maximum Gasteiger partial charge on any atom is 0.242 e. The highest BCUT2D eigenvalue weighted by Crippen LogP contribution is 2.15. The van der Waals surface area contributed by atoms with Crippen LogP contribution in [0.1, 0.15) is 32.6 Å². The van der Waals surface area contributed by atoms with Gasteiger partial charge < -0.3 is 16.0 Å². The first kappa shape index (κ1) is 13.0. The van der Waals surface area contributed by atoms with E-state index in [0.717, 1.165) is 12.8 Å². The van der Waals surface area contributed by atoms with Gasteiger partial charge in [-0.15, -0.1) is 0 Å². The Morgan fingerprint density at radius 3 is 2.88 bits per heavy atom. The Morgan fingerprint density at radius 1 is 1.62 bits per heavy atom. The van der Waals surface area contributed by atoms with Crippen LogP contribution in [0.5, 0.6) is 0 Å². The third kappa shape index (κ3) is 3.20. The first-order valence-electron chi connectivity index (χ1n) is 5.98. The predicted molar refractivity (Wildman–Crippen MR) is 61.7 cm³/mol. The van der Waals surface area contributed by atoms with Gasteiger partial charge in [-0.1, -0.05) is 6.92 Å². The maximum absolute atomic E-state index is 11.8. The molecule has 92 valence electrons. The molecule has 16 heavy (non-hydrogen) atoms. The highest BCUT2D eigenvalue weighted by molar-refractivity contribution is 5.88. The molecule has 5 nitrogen and oxygen atoms in total. The second kappa shape index (κ2) is 6.48. The molecule has 0 saturated carbocycles. The Kier molecular flexibility index (Phi) is 5.25. The molecule has 3 N–H and O–H groups in total. The molecule has 0 aromatic carbocycles. The summed E-state index contributed by atoms with van der Waals surface area (Å²) >= 11 is 0. The normalized spacial score (nSPS) is 17.6. The molecule has 1 unspecified atom stereocenters. The van der Waals surface area contributed by atoms with Gasteiger partial charge in [0.15, 0.2) is 0 Å². The minimum absolute atomic E-state index is 0.0498. The van der Waals surface area contributed by atoms with E-state index >= 15 is 0 Å². The summed E-state index contributed by atoms with van der Waals surface area (Å²) in [7, 11) is 0. The molecule has 0 aliphatic carbocycles. The van der Waals surface area contributed by atoms with Crippen LogP contribution in [0.15, 0.2) is 0 Å². The van der Waals surface area contributed by atoms with Crippen LogP contribution in [0.3, 0.4) is 0 Å². The van der Waals surface area contributed by atoms with E-state index in [-0.39, 0.29) is 17.9 Å². The zero-order valence-electron chi connectivity index (χ0n) is 9.87. The Morgan fingerprint density at radius 2 is 2.38 bits per heavy atom. The molecule has 2 amide bonds. The number of hydrogen-bond donors (Lipinski definition) is 2. The summed E-state index contributed by atoms with van der Waals surface area (Å²) in [5, 5.41) is 2.82. The third-order valence-corrected chi connectivity index (χ3v) is 2.86. The summed E-state index contributed by atoms with van der Waals surface area (Å²) in [5.41, 5.74) is 5.35. The zero-order chi connectivity index (χ0) is 12.0. The van der Waals surface area contributed by atoms with Gasteiger partial charge in [0.1, 0.15) is 6.04 Å². The van der Waals surface area contributed by atoms with Crippen molar-refractivity contribution in [3.05, 3.63) is 0 Å². The summed E-state index contributed by atoms with van der Waals surface area (Å²) in [6.07, 6.45) is 2.88. The fourth-order valence-electron chi connectivity index (χ4n) is 1.98. The number of nitrogens with one attached hydrogen (secondary N) is 1. The van der Waals surface area contributed by atoms with Crippen molar-refractivity contribution in [3.8, 4) is 0 Å². The van der Waals surface area contributed by atoms with E-state index in [0.29, 0.717) is 32.5 Å². The van der Waals surface area contributed by atoms with Gasteiger partial charge in [0.2, 0.25) is 11.8 Å². The SMILES string of the molecule is CCC(C(=O)NCCCN)N1CCCC1=O. The molecular formula is C11H21N3O2. The molecule has 0 bridgehead atoms. The molecular weight excluding hydrogens is 206 g/mol. The molecule has 1 heterocycles. The lowest BCUT2D eigenvalue weighted by Crippen LogP contribution is -2.47. The predicted octanol–water partition coefficient (Wildman–Crippen LogP) is -0.148. The Bertz CT molecular complexity index is 256. The molecule has 0 aromatic rings. The minimum atomic E-state index is -0.298. The van der Waals surface area contributed by atoms with Gasteiger partial charge in [-0.3, -0.25) is 9.59 Å². The zero-order valence-corrected chi connectivity index (χ0v) is 9.87. The molecule has 0 spiro atoms. The fraction of sp³-hybridized carbons (Fsp3) is 0.818. The van der Waals surface area contributed by atoms with Gasteiger partial charge in [-0.25, -0.2) is 0 Å². The van der Waals surface area contributed by atoms with Crippen LogP contribution in [0.25, 0.3) is 0 Å². The van der Waals surface area contributed by atoms with Crippen molar-refractivity contribution in [1.82, 2.24) is 10.2 Å². The second-order valence-electron chi connectivity index (χ2n) is 4.05. The van der Waals surface area contributed by atoms with E-state index in [2.05, 4.69) is 5.32 Å². The lowest BCUT2D eigenvalue weighted by molar-refractivity contribution is -0.137. The first-order chi connectivity index (χ1) is 7.70. The maximum atomic E-state index is 11.8. The number of amides is 2. The standard InChI is InChI=1S/C11H21N3O2/c1-2-9(11(16)13-7-4-6-12)14-8-3-5-10(14)15/h9H,2-8,12H2,1H3,(H,13,16). The topological polar surface area (TPSA) is 75.4 Å². The van der Waals surface area contributed by atoms with Gasteiger partial charge in [0.05, 0.1) is 0 Å². The second-order valence-corrected chi connectivity index (χ2v) is 4.05. The smallest absolute Gasteiger partial charge is 0.242 e. The molecule has 1 fully saturated rings. The van der Waals surface area contributed by atoms with Crippen molar-refractivity contribution in [2.75, 3.05) is 19.6 Å². The van der Waals surface area contributed by atoms with Gasteiger partial charge in [-0.2, -0.15) is 0 Å². The first-order valence-corrected chi connectivity index (χ1v) is 5.98. The summed E-state index contributed by atoms with van der Waals surface area (Å²) in [6.45, 7) is 3.80. The van der Waals surface area contributed by atoms with Crippen LogP contribution in [0.2, 0.25) is 0 Å². The average Bonchev–Trinajstić information content (AvgIpc) is 2.67. The van der Waals surface area contributed by atoms with Crippen LogP contribution in [-0.4, -0.2) is 42.4 Å². The van der Waals surface area contributed by atoms with Crippen molar-refractivity contribution in [2.24, 2.45) is 5.73 Å². The van der Waals surface area contributed by atoms with Crippen molar-refractivity contribution in [3.63, 3.8) is 0 Å². The van der Waals surface area contributed by atoms with E-state index in [1.54, 1.807) is 4.90 Å². The Hall–Kier alpha value is -1.10. The van der Waals surface area contributed by atoms with Crippen LogP contribution in [0, 0.1) is 0 Å². The number of nitrogens with two attached hydrogens (primary N) is 1. The lowest BCUT2D eigenvalue weighted by Gasteiger charge is -2.25. The third-order valence-electron chi connectivity index (χ3n) is 2.86. The molecule has 0 radical (unpaired) electrons. The fourth-order valence-corrected chi connectivity index (χ4v) is 1.98. The molecule has 0 aromatic heterocycles. The summed E-state index contributed by atoms with van der Waals surface area (Å²) in [5.74, 6) is 0.0482. The number of rotatable bonds is 6. The van der Waals surface area contributed by atoms with Crippen molar-refractivity contribution in [2.45, 2.75) is 38.6 Å². The van der Waals surface area contributed by atoms with E-state index in [1.807, 2.05) is 6.92 Å². The summed E-state index contributed by atoms with van der Waals surface area (Å²) in [6, 6.07) is -0.298. The van der Waals surface area contributed by atoms with Gasteiger partial charge in [0, 0.05) is 19.5 Å². The molecule has 1 aliphatic heterocycles. The monoisotopic (exact) mass is 227 g/mol. The molecule has 1 rings (SSSR count). The summed E-state index contributed by atoms with van der Waals surface area (Å²) < 4.78 is 0. The van der Waals surface area contributed by atoms with Crippen molar-refractivity contribution >= 4 is 11.8 Å². The number of nitrogens with zero attached hydrogens (tertiary/aromatic N) is 1. The van der Waals surface area contributed by atoms with E-state index in [4.69, 9.17) is 5.73 Å². The quantitative estimate of drug-likeness (QED) is 0.620. The number of likely N-dealkylation sites (tertiary alicyclic amines) is 1. The van der Waals surface area contributed by atoms with Gasteiger partial charge >= 0.3 is 0 Å². The van der Waals surface area contributed by atoms with E-state index < -0.39 is 0 Å². The highest BCUT2D eigenvalue weighted by atomic mass is 16.2. The molecule has 5 heteroatoms. The molecule has 1 saturated heterocycles. The molecule has 1 atom stereocenters. The Balaban J connectivity index is 2.46. The van der Waals surface area contributed by atoms with Gasteiger partial charge in [-0.05, 0) is 25.8 Å². The van der Waals surface area contributed by atoms with E-state index in [1.165, 1.54) is 0 Å². The van der Waals surface area contributed by atoms with Crippen LogP contribution >= 0.6 is 0 Å². The largest absolute Gasteiger partial charge is 0.354 e. The van der Waals surface area contributed by atoms with Crippen LogP contribution in [0.4, 0.5) is 0 Å². The number of hydrogen-bond acceptors (Lipinski definition) is 3. The Labute approximate surface area is 96.4 Å². The highest BCUT2D eigenvalue weighted by Gasteiger charge is 2.31. The summed E-state index contributed by atoms with van der Waals surface area (Å²) in [4.78, 5) is 25.1. The van der Waals surface area contributed by atoms with Gasteiger partial charge in [0.25, 0.3) is 0 Å². The minimum Gasteiger partial charge on any atom is -0.354 e. The lowest BCUT2D eigenvalue weighted by atomic mass is 10.2.